The standard InChI is InChI=1S/C15H20N6O2/c1-3-16-15(17-4-1)21-7-5-20(6-8-21)10-13-18-14(19-23-13)12-2-9-22-11-12/h1,3-4,12H,2,5-11H2. The van der Waals surface area contributed by atoms with Crippen molar-refractivity contribution in [2.75, 3.05) is 44.3 Å². The molecule has 0 amide bonds. The molecule has 4 rings (SSSR count). The van der Waals surface area contributed by atoms with Crippen molar-refractivity contribution in [3.63, 3.8) is 0 Å². The van der Waals surface area contributed by atoms with Gasteiger partial charge in [0.1, 0.15) is 0 Å². The summed E-state index contributed by atoms with van der Waals surface area (Å²) in [5, 5.41) is 4.10. The molecule has 0 aliphatic carbocycles. The lowest BCUT2D eigenvalue weighted by Gasteiger charge is -2.33. The number of ether oxygens (including phenoxy) is 1. The maximum absolute atomic E-state index is 5.39. The Morgan fingerprint density at radius 2 is 1.96 bits per heavy atom. The Bertz CT molecular complexity index is 620. The van der Waals surface area contributed by atoms with Crippen molar-refractivity contribution in [1.29, 1.82) is 0 Å². The molecule has 122 valence electrons. The van der Waals surface area contributed by atoms with Gasteiger partial charge >= 0.3 is 0 Å². The van der Waals surface area contributed by atoms with E-state index in [1.54, 1.807) is 12.4 Å². The summed E-state index contributed by atoms with van der Waals surface area (Å²) < 4.78 is 10.8. The topological polar surface area (TPSA) is 80.4 Å². The smallest absolute Gasteiger partial charge is 0.240 e. The molecule has 1 unspecified atom stereocenters. The Balaban J connectivity index is 1.31. The second kappa shape index (κ2) is 6.59. The SMILES string of the molecule is c1cnc(N2CCN(Cc3nc(C4CCOC4)no3)CC2)nc1. The second-order valence-corrected chi connectivity index (χ2v) is 5.92. The quantitative estimate of drug-likeness (QED) is 0.815. The normalized spacial score (nSPS) is 22.6. The molecule has 8 heteroatoms. The highest BCUT2D eigenvalue weighted by molar-refractivity contribution is 5.29. The summed E-state index contributed by atoms with van der Waals surface area (Å²) in [6.07, 6.45) is 4.54. The van der Waals surface area contributed by atoms with Gasteiger partial charge in [-0.25, -0.2) is 9.97 Å². The number of rotatable bonds is 4. The maximum atomic E-state index is 5.39. The number of hydrogen-bond acceptors (Lipinski definition) is 8. The highest BCUT2D eigenvalue weighted by Crippen LogP contribution is 2.22. The summed E-state index contributed by atoms with van der Waals surface area (Å²) in [6, 6.07) is 1.84. The molecule has 0 radical (unpaired) electrons. The van der Waals surface area contributed by atoms with Gasteiger partial charge in [-0.3, -0.25) is 4.90 Å². The van der Waals surface area contributed by atoms with Gasteiger partial charge in [-0.15, -0.1) is 0 Å². The molecule has 0 N–H and O–H groups in total. The van der Waals surface area contributed by atoms with Gasteiger partial charge in [0.2, 0.25) is 11.8 Å². The fourth-order valence-electron chi connectivity index (χ4n) is 2.99. The first-order valence-electron chi connectivity index (χ1n) is 8.03. The van der Waals surface area contributed by atoms with Gasteiger partial charge < -0.3 is 14.2 Å². The van der Waals surface area contributed by atoms with Crippen LogP contribution in [-0.4, -0.2) is 64.4 Å². The number of piperazine rings is 1. The van der Waals surface area contributed by atoms with Gasteiger partial charge in [0, 0.05) is 51.1 Å². The third kappa shape index (κ3) is 3.32. The lowest BCUT2D eigenvalue weighted by Crippen LogP contribution is -2.46. The fourth-order valence-corrected chi connectivity index (χ4v) is 2.99. The van der Waals surface area contributed by atoms with Crippen LogP contribution in [0, 0.1) is 0 Å². The molecule has 2 fully saturated rings. The molecule has 2 aromatic heterocycles. The Labute approximate surface area is 134 Å². The van der Waals surface area contributed by atoms with Crippen LogP contribution in [0.4, 0.5) is 5.95 Å². The predicted octanol–water partition coefficient (Wildman–Crippen LogP) is 0.686. The van der Waals surface area contributed by atoms with Gasteiger partial charge in [0.25, 0.3) is 0 Å². The first-order valence-corrected chi connectivity index (χ1v) is 8.03. The number of aromatic nitrogens is 4. The van der Waals surface area contributed by atoms with Crippen molar-refractivity contribution in [1.82, 2.24) is 25.0 Å². The fraction of sp³-hybridized carbons (Fsp3) is 0.600. The summed E-state index contributed by atoms with van der Waals surface area (Å²) in [6.45, 7) is 5.87. The van der Waals surface area contributed by atoms with Crippen molar-refractivity contribution in [3.05, 3.63) is 30.2 Å². The molecule has 8 nitrogen and oxygen atoms in total. The van der Waals surface area contributed by atoms with Crippen LogP contribution in [0.2, 0.25) is 0 Å². The van der Waals surface area contributed by atoms with E-state index in [0.29, 0.717) is 25.0 Å². The van der Waals surface area contributed by atoms with Gasteiger partial charge in [-0.2, -0.15) is 4.98 Å². The van der Waals surface area contributed by atoms with E-state index in [2.05, 4.69) is 29.9 Å². The van der Waals surface area contributed by atoms with Crippen LogP contribution in [0.5, 0.6) is 0 Å². The van der Waals surface area contributed by atoms with Crippen LogP contribution in [0.1, 0.15) is 24.1 Å². The highest BCUT2D eigenvalue weighted by Gasteiger charge is 2.25. The summed E-state index contributed by atoms with van der Waals surface area (Å²) in [7, 11) is 0. The van der Waals surface area contributed by atoms with Crippen molar-refractivity contribution < 1.29 is 9.26 Å². The lowest BCUT2D eigenvalue weighted by atomic mass is 10.1. The Morgan fingerprint density at radius 1 is 1.13 bits per heavy atom. The van der Waals surface area contributed by atoms with E-state index < -0.39 is 0 Å². The van der Waals surface area contributed by atoms with Crippen LogP contribution in [-0.2, 0) is 11.3 Å². The van der Waals surface area contributed by atoms with Gasteiger partial charge in [0.05, 0.1) is 13.2 Å². The minimum Gasteiger partial charge on any atom is -0.381 e. The third-order valence-corrected chi connectivity index (χ3v) is 4.34. The average Bonchev–Trinajstić information content (AvgIpc) is 3.28. The molecule has 0 bridgehead atoms. The molecule has 0 spiro atoms. The molecular formula is C15H20N6O2. The van der Waals surface area contributed by atoms with Crippen molar-refractivity contribution >= 4 is 5.95 Å². The van der Waals surface area contributed by atoms with E-state index in [-0.39, 0.29) is 0 Å². The Kier molecular flexibility index (Phi) is 4.16. The third-order valence-electron chi connectivity index (χ3n) is 4.34. The van der Waals surface area contributed by atoms with E-state index in [0.717, 1.165) is 51.0 Å². The van der Waals surface area contributed by atoms with E-state index >= 15 is 0 Å². The maximum Gasteiger partial charge on any atom is 0.240 e. The Morgan fingerprint density at radius 3 is 2.70 bits per heavy atom. The lowest BCUT2D eigenvalue weighted by molar-refractivity contribution is 0.192. The molecule has 1 atom stereocenters. The Hall–Kier alpha value is -2.06. The average molecular weight is 316 g/mol. The molecule has 2 saturated heterocycles. The zero-order chi connectivity index (χ0) is 15.5. The predicted molar refractivity (Wildman–Crippen MR) is 82.0 cm³/mol. The minimum absolute atomic E-state index is 0.291. The molecule has 0 aromatic carbocycles. The van der Waals surface area contributed by atoms with Crippen molar-refractivity contribution in [2.24, 2.45) is 0 Å². The molecule has 0 saturated carbocycles. The molecule has 4 heterocycles. The second-order valence-electron chi connectivity index (χ2n) is 5.92. The largest absolute Gasteiger partial charge is 0.381 e. The molecule has 2 aliphatic rings. The van der Waals surface area contributed by atoms with Crippen LogP contribution in [0.25, 0.3) is 0 Å². The number of anilines is 1. The van der Waals surface area contributed by atoms with E-state index in [4.69, 9.17) is 9.26 Å². The van der Waals surface area contributed by atoms with E-state index in [1.165, 1.54) is 0 Å². The number of nitrogens with zero attached hydrogens (tertiary/aromatic N) is 6. The summed E-state index contributed by atoms with van der Waals surface area (Å²) in [5.74, 6) is 2.57. The first kappa shape index (κ1) is 14.5. The van der Waals surface area contributed by atoms with Gasteiger partial charge in [0.15, 0.2) is 5.82 Å². The van der Waals surface area contributed by atoms with Crippen LogP contribution >= 0.6 is 0 Å². The molecular weight excluding hydrogens is 296 g/mol. The highest BCUT2D eigenvalue weighted by atomic mass is 16.5. The van der Waals surface area contributed by atoms with Gasteiger partial charge in [-0.1, -0.05) is 5.16 Å². The van der Waals surface area contributed by atoms with Gasteiger partial charge in [-0.05, 0) is 12.5 Å². The number of hydrogen-bond donors (Lipinski definition) is 0. The summed E-state index contributed by atoms with van der Waals surface area (Å²) >= 11 is 0. The van der Waals surface area contributed by atoms with E-state index in [9.17, 15) is 0 Å². The monoisotopic (exact) mass is 316 g/mol. The first-order chi connectivity index (χ1) is 11.4. The van der Waals surface area contributed by atoms with E-state index in [1.807, 2.05) is 6.07 Å². The summed E-state index contributed by atoms with van der Waals surface area (Å²) in [5.41, 5.74) is 0. The molecule has 23 heavy (non-hydrogen) atoms. The zero-order valence-corrected chi connectivity index (χ0v) is 13.0. The van der Waals surface area contributed by atoms with Crippen LogP contribution in [0.15, 0.2) is 23.0 Å². The zero-order valence-electron chi connectivity index (χ0n) is 13.0. The molecule has 2 aromatic rings. The summed E-state index contributed by atoms with van der Waals surface area (Å²) in [4.78, 5) is 17.7. The minimum atomic E-state index is 0.291. The van der Waals surface area contributed by atoms with Crippen molar-refractivity contribution in [3.8, 4) is 0 Å². The van der Waals surface area contributed by atoms with Crippen LogP contribution < -0.4 is 4.90 Å². The van der Waals surface area contributed by atoms with Crippen molar-refractivity contribution in [2.45, 2.75) is 18.9 Å². The molecule has 2 aliphatic heterocycles. The van der Waals surface area contributed by atoms with Crippen LogP contribution in [0.3, 0.4) is 0 Å².